The van der Waals surface area contributed by atoms with Crippen LogP contribution in [0.4, 0.5) is 29.7 Å². The topological polar surface area (TPSA) is 116 Å². The summed E-state index contributed by atoms with van der Waals surface area (Å²) in [5.41, 5.74) is 4.50. The van der Waals surface area contributed by atoms with Gasteiger partial charge in [-0.05, 0) is 25.2 Å². The van der Waals surface area contributed by atoms with Crippen LogP contribution in [0.3, 0.4) is 0 Å². The van der Waals surface area contributed by atoms with Crippen LogP contribution in [-0.2, 0) is 23.1 Å². The normalized spacial score (nSPS) is 17.8. The molecular weight excluding hydrogens is 522 g/mol. The Balaban J connectivity index is 1.36. The van der Waals surface area contributed by atoms with Gasteiger partial charge in [-0.15, -0.1) is 0 Å². The smallest absolute Gasteiger partial charge is 0.414 e. The molecule has 38 heavy (non-hydrogen) atoms. The van der Waals surface area contributed by atoms with Gasteiger partial charge in [0.05, 0.1) is 44.7 Å². The van der Waals surface area contributed by atoms with E-state index in [-0.39, 0.29) is 68.4 Å². The Morgan fingerprint density at radius 1 is 1.24 bits per heavy atom. The molecule has 2 saturated heterocycles. The summed E-state index contributed by atoms with van der Waals surface area (Å²) >= 11 is 4.90. The minimum atomic E-state index is -0.821. The van der Waals surface area contributed by atoms with Gasteiger partial charge >= 0.3 is 12.1 Å². The third-order valence-electron chi connectivity index (χ3n) is 6.27. The van der Waals surface area contributed by atoms with Crippen LogP contribution in [-0.4, -0.2) is 84.6 Å². The third-order valence-corrected chi connectivity index (χ3v) is 6.58. The Morgan fingerprint density at radius 2 is 1.97 bits per heavy atom. The van der Waals surface area contributed by atoms with Gasteiger partial charge in [-0.3, -0.25) is 14.6 Å². The van der Waals surface area contributed by atoms with Crippen molar-refractivity contribution in [2.45, 2.75) is 19.6 Å². The van der Waals surface area contributed by atoms with E-state index < -0.39 is 23.8 Å². The Hall–Kier alpha value is -3.72. The number of rotatable bonds is 6. The number of hydrogen-bond donors (Lipinski definition) is 3. The van der Waals surface area contributed by atoms with Crippen molar-refractivity contribution in [2.24, 2.45) is 7.05 Å². The second-order valence-electron chi connectivity index (χ2n) is 8.85. The number of benzene rings is 1. The monoisotopic (exact) mass is 552 g/mol. The number of hydrogen-bond acceptors (Lipinski definition) is 8. The first-order valence-corrected chi connectivity index (χ1v) is 12.4. The summed E-state index contributed by atoms with van der Waals surface area (Å²) in [6, 6.07) is 3.72. The van der Waals surface area contributed by atoms with Gasteiger partial charge < -0.3 is 25.0 Å². The van der Waals surface area contributed by atoms with Gasteiger partial charge in [0.2, 0.25) is 0 Å². The van der Waals surface area contributed by atoms with Crippen molar-refractivity contribution >= 4 is 40.9 Å². The van der Waals surface area contributed by atoms with Gasteiger partial charge in [0, 0.05) is 44.5 Å². The summed E-state index contributed by atoms with van der Waals surface area (Å²) < 4.78 is 42.2. The van der Waals surface area contributed by atoms with Crippen LogP contribution >= 0.6 is 12.2 Å². The maximum atomic E-state index is 15.2. The fourth-order valence-corrected chi connectivity index (χ4v) is 4.31. The zero-order chi connectivity index (χ0) is 27.4. The van der Waals surface area contributed by atoms with E-state index in [2.05, 4.69) is 21.2 Å². The van der Waals surface area contributed by atoms with E-state index in [1.165, 1.54) is 17.0 Å². The molecule has 2 aliphatic heterocycles. The number of hydrazine groups is 1. The number of amides is 3. The van der Waals surface area contributed by atoms with Gasteiger partial charge in [-0.25, -0.2) is 23.8 Å². The molecule has 1 aromatic heterocycles. The van der Waals surface area contributed by atoms with Gasteiger partial charge in [-0.2, -0.15) is 5.10 Å². The zero-order valence-corrected chi connectivity index (χ0v) is 22.1. The van der Waals surface area contributed by atoms with E-state index in [4.69, 9.17) is 21.7 Å². The Morgan fingerprint density at radius 3 is 2.63 bits per heavy atom. The quantitative estimate of drug-likeness (QED) is 0.457. The number of aromatic nitrogens is 2. The molecule has 0 spiro atoms. The number of nitrogens with one attached hydrogen (secondary N) is 3. The van der Waals surface area contributed by atoms with E-state index in [1.54, 1.807) is 4.68 Å². The van der Waals surface area contributed by atoms with E-state index in [1.807, 2.05) is 20.0 Å². The van der Waals surface area contributed by atoms with Gasteiger partial charge in [0.1, 0.15) is 11.8 Å². The lowest BCUT2D eigenvalue weighted by molar-refractivity contribution is 0.142. The van der Waals surface area contributed by atoms with Crippen molar-refractivity contribution in [2.75, 3.05) is 56.2 Å². The highest BCUT2D eigenvalue weighted by molar-refractivity contribution is 7.80. The molecule has 3 N–H and O–H groups in total. The fraction of sp³-hybridized carbons (Fsp3) is 0.478. The standard InChI is InChI=1S/C23H30F2N8O4S/c1-14-8-15(29-30(14)2)11-26-21(34)33-7-6-31(5-4-28-33)20-18(24)9-16(10-19(20)25)32-13-17(37-23(32)35)12-27-22(38)36-3/h8-10,17,28H,4-7,11-13H2,1-3H3,(H,26,34)(H,27,38)/t17-/m0/s1. The van der Waals surface area contributed by atoms with Gasteiger partial charge in [0.25, 0.3) is 5.17 Å². The third kappa shape index (κ3) is 6.22. The molecule has 0 aliphatic carbocycles. The van der Waals surface area contributed by atoms with Crippen LogP contribution in [0, 0.1) is 18.6 Å². The lowest BCUT2D eigenvalue weighted by Crippen LogP contribution is -2.48. The number of ether oxygens (including phenoxy) is 2. The predicted molar refractivity (Wildman–Crippen MR) is 139 cm³/mol. The molecule has 0 bridgehead atoms. The largest absolute Gasteiger partial charge is 0.474 e. The van der Waals surface area contributed by atoms with Crippen molar-refractivity contribution in [3.63, 3.8) is 0 Å². The molecule has 3 heterocycles. The zero-order valence-electron chi connectivity index (χ0n) is 21.3. The van der Waals surface area contributed by atoms with Crippen molar-refractivity contribution in [1.82, 2.24) is 30.8 Å². The van der Waals surface area contributed by atoms with Gasteiger partial charge in [0.15, 0.2) is 11.6 Å². The average molecular weight is 553 g/mol. The molecule has 3 amide bonds. The Bertz CT molecular complexity index is 1170. The first-order valence-electron chi connectivity index (χ1n) is 12.0. The number of anilines is 2. The van der Waals surface area contributed by atoms with Crippen LogP contribution in [0.5, 0.6) is 0 Å². The number of carbonyl (C=O) groups is 2. The second-order valence-corrected chi connectivity index (χ2v) is 9.22. The van der Waals surface area contributed by atoms with Crippen LogP contribution in [0.2, 0.25) is 0 Å². The second kappa shape index (κ2) is 11.8. The molecule has 1 aromatic carbocycles. The highest BCUT2D eigenvalue weighted by Gasteiger charge is 2.34. The minimum absolute atomic E-state index is 0.0456. The van der Waals surface area contributed by atoms with Crippen LogP contribution in [0.1, 0.15) is 11.4 Å². The fourth-order valence-electron chi connectivity index (χ4n) is 4.23. The van der Waals surface area contributed by atoms with E-state index in [0.717, 1.165) is 28.4 Å². The lowest BCUT2D eigenvalue weighted by atomic mass is 10.2. The number of thiocarbonyl (C=S) groups is 1. The Labute approximate surface area is 223 Å². The summed E-state index contributed by atoms with van der Waals surface area (Å²) in [6.07, 6.45) is -1.29. The maximum Gasteiger partial charge on any atom is 0.414 e. The van der Waals surface area contributed by atoms with Crippen LogP contribution in [0.25, 0.3) is 0 Å². The predicted octanol–water partition coefficient (Wildman–Crippen LogP) is 1.39. The first kappa shape index (κ1) is 27.3. The number of carbonyl (C=O) groups excluding carboxylic acids is 2. The number of methoxy groups -OCH3 is 1. The summed E-state index contributed by atoms with van der Waals surface area (Å²) in [5.74, 6) is -1.64. The molecule has 12 nitrogen and oxygen atoms in total. The van der Waals surface area contributed by atoms with E-state index >= 15 is 8.78 Å². The van der Waals surface area contributed by atoms with E-state index in [0.29, 0.717) is 0 Å². The molecule has 2 fully saturated rings. The first-order chi connectivity index (χ1) is 18.2. The highest BCUT2D eigenvalue weighted by atomic mass is 32.1. The van der Waals surface area contributed by atoms with Crippen molar-refractivity contribution in [3.05, 3.63) is 41.2 Å². The van der Waals surface area contributed by atoms with Crippen molar-refractivity contribution in [3.8, 4) is 0 Å². The molecule has 1 atom stereocenters. The summed E-state index contributed by atoms with van der Waals surface area (Å²) in [5, 5.41) is 11.4. The lowest BCUT2D eigenvalue weighted by Gasteiger charge is -2.25. The number of urea groups is 1. The van der Waals surface area contributed by atoms with Gasteiger partial charge in [-0.1, -0.05) is 0 Å². The number of halogens is 2. The number of nitrogens with zero attached hydrogens (tertiary/aromatic N) is 5. The summed E-state index contributed by atoms with van der Waals surface area (Å²) in [6.45, 7) is 3.38. The number of aryl methyl sites for hydroxylation is 2. The summed E-state index contributed by atoms with van der Waals surface area (Å²) in [7, 11) is 3.23. The average Bonchev–Trinajstić information content (AvgIpc) is 3.30. The minimum Gasteiger partial charge on any atom is -0.474 e. The summed E-state index contributed by atoms with van der Waals surface area (Å²) in [4.78, 5) is 27.6. The molecule has 0 saturated carbocycles. The van der Waals surface area contributed by atoms with Crippen molar-refractivity contribution < 1.29 is 27.8 Å². The SMILES string of the molecule is COC(=S)NC[C@H]1CN(c2cc(F)c(N3CCNN(C(=O)NCc4cc(C)n(C)n4)CC3)c(F)c2)C(=O)O1. The molecule has 15 heteroatoms. The Kier molecular flexibility index (Phi) is 8.46. The molecule has 2 aromatic rings. The maximum absolute atomic E-state index is 15.2. The molecule has 0 unspecified atom stereocenters. The van der Waals surface area contributed by atoms with Crippen molar-refractivity contribution in [1.29, 1.82) is 0 Å². The highest BCUT2D eigenvalue weighted by Crippen LogP contribution is 2.31. The van der Waals surface area contributed by atoms with E-state index in [9.17, 15) is 9.59 Å². The molecule has 4 rings (SSSR count). The molecule has 2 aliphatic rings. The van der Waals surface area contributed by atoms with Crippen LogP contribution < -0.4 is 25.9 Å². The molecule has 0 radical (unpaired) electrons. The van der Waals surface area contributed by atoms with Crippen LogP contribution in [0.15, 0.2) is 18.2 Å². The number of cyclic esters (lactones) is 1. The molecular formula is C23H30F2N8O4S. The molecule has 206 valence electrons.